The van der Waals surface area contributed by atoms with E-state index in [0.29, 0.717) is 18.8 Å². The zero-order chi connectivity index (χ0) is 20.6. The summed E-state index contributed by atoms with van der Waals surface area (Å²) in [6, 6.07) is 5.35. The minimum absolute atomic E-state index is 0. The maximum Gasteiger partial charge on any atom is 0.236 e. The molecule has 168 valence electrons. The highest BCUT2D eigenvalue weighted by molar-refractivity contribution is 14.0. The molecule has 0 aliphatic carbocycles. The summed E-state index contributed by atoms with van der Waals surface area (Å²) in [7, 11) is 1.54. The lowest BCUT2D eigenvalue weighted by molar-refractivity contribution is -0.131. The summed E-state index contributed by atoms with van der Waals surface area (Å²) >= 11 is 0. The van der Waals surface area contributed by atoms with Crippen LogP contribution < -0.4 is 10.1 Å². The normalized spacial score (nSPS) is 17.6. The van der Waals surface area contributed by atoms with Gasteiger partial charge < -0.3 is 25.0 Å². The first-order valence-corrected chi connectivity index (χ1v) is 10.5. The first kappa shape index (κ1) is 24.5. The lowest BCUT2D eigenvalue weighted by Crippen LogP contribution is -2.54. The molecular weight excluding hydrogens is 497 g/mol. The van der Waals surface area contributed by atoms with Gasteiger partial charge in [-0.05, 0) is 37.5 Å². The second-order valence-corrected chi connectivity index (χ2v) is 7.53. The summed E-state index contributed by atoms with van der Waals surface area (Å²) < 4.78 is 5.09. The summed E-state index contributed by atoms with van der Waals surface area (Å²) in [4.78, 5) is 23.6. The largest absolute Gasteiger partial charge is 0.504 e. The fraction of sp³-hybridized carbons (Fsp3) is 0.619. The number of methoxy groups -OCH3 is 1. The van der Waals surface area contributed by atoms with Crippen LogP contribution in [-0.4, -0.2) is 91.1 Å². The monoisotopic (exact) mass is 531 g/mol. The van der Waals surface area contributed by atoms with Gasteiger partial charge in [0.2, 0.25) is 5.91 Å². The highest BCUT2D eigenvalue weighted by atomic mass is 127. The molecule has 1 aromatic rings. The predicted octanol–water partition coefficient (Wildman–Crippen LogP) is 1.72. The molecule has 0 radical (unpaired) electrons. The number of guanidine groups is 1. The van der Waals surface area contributed by atoms with Crippen molar-refractivity contribution in [1.82, 2.24) is 20.0 Å². The number of piperazine rings is 1. The van der Waals surface area contributed by atoms with Crippen LogP contribution >= 0.6 is 24.0 Å². The van der Waals surface area contributed by atoms with Crippen molar-refractivity contribution in [2.24, 2.45) is 4.99 Å². The van der Waals surface area contributed by atoms with E-state index < -0.39 is 0 Å². The van der Waals surface area contributed by atoms with E-state index in [4.69, 9.17) is 9.73 Å². The second-order valence-electron chi connectivity index (χ2n) is 7.53. The summed E-state index contributed by atoms with van der Waals surface area (Å²) in [5.41, 5.74) is 0.925. The molecule has 2 aliphatic rings. The number of benzene rings is 1. The number of hydrogen-bond acceptors (Lipinski definition) is 5. The van der Waals surface area contributed by atoms with Crippen LogP contribution in [0.5, 0.6) is 11.5 Å². The van der Waals surface area contributed by atoms with Gasteiger partial charge in [0.15, 0.2) is 17.5 Å². The van der Waals surface area contributed by atoms with Crippen LogP contribution in [0.2, 0.25) is 0 Å². The number of phenols is 1. The van der Waals surface area contributed by atoms with E-state index in [1.165, 1.54) is 7.11 Å². The predicted molar refractivity (Wildman–Crippen MR) is 129 cm³/mol. The molecule has 0 saturated carbocycles. The standard InChI is InChI=1S/C21H33N5O3.HI/c1-3-22-21(23-15-17-6-7-19(29-2)18(27)14-17)26-12-10-24(11-13-26)16-20(28)25-8-4-5-9-25;/h6-7,14,27H,3-5,8-13,15-16H2,1-2H3,(H,22,23);1H. The van der Waals surface area contributed by atoms with Crippen molar-refractivity contribution in [3.05, 3.63) is 23.8 Å². The number of likely N-dealkylation sites (tertiary alicyclic amines) is 1. The van der Waals surface area contributed by atoms with Crippen molar-refractivity contribution in [3.63, 3.8) is 0 Å². The van der Waals surface area contributed by atoms with Gasteiger partial charge in [0.1, 0.15) is 0 Å². The van der Waals surface area contributed by atoms with Crippen molar-refractivity contribution < 1.29 is 14.6 Å². The van der Waals surface area contributed by atoms with Crippen LogP contribution in [0.1, 0.15) is 25.3 Å². The van der Waals surface area contributed by atoms with Crippen LogP contribution in [0.3, 0.4) is 0 Å². The Morgan fingerprint density at radius 1 is 1.13 bits per heavy atom. The first-order chi connectivity index (χ1) is 14.1. The lowest BCUT2D eigenvalue weighted by Gasteiger charge is -2.36. The molecule has 9 heteroatoms. The minimum Gasteiger partial charge on any atom is -0.504 e. The van der Waals surface area contributed by atoms with Crippen LogP contribution in [0.15, 0.2) is 23.2 Å². The number of carbonyl (C=O) groups excluding carboxylic acids is 1. The average molecular weight is 531 g/mol. The zero-order valence-electron chi connectivity index (χ0n) is 18.0. The fourth-order valence-corrected chi connectivity index (χ4v) is 3.80. The van der Waals surface area contributed by atoms with Gasteiger partial charge in [-0.1, -0.05) is 6.07 Å². The zero-order valence-corrected chi connectivity index (χ0v) is 20.3. The number of aliphatic imine (C=N–C) groups is 1. The van der Waals surface area contributed by atoms with Crippen molar-refractivity contribution in [2.75, 3.05) is 59.5 Å². The van der Waals surface area contributed by atoms with E-state index in [2.05, 4.69) is 22.0 Å². The SMILES string of the molecule is CCNC(=NCc1ccc(OC)c(O)c1)N1CCN(CC(=O)N2CCCC2)CC1.I. The molecule has 2 fully saturated rings. The number of hydrogen-bond donors (Lipinski definition) is 2. The number of aromatic hydroxyl groups is 1. The number of nitrogens with zero attached hydrogens (tertiary/aromatic N) is 4. The van der Waals surface area contributed by atoms with Gasteiger partial charge in [-0.15, -0.1) is 24.0 Å². The Morgan fingerprint density at radius 3 is 2.43 bits per heavy atom. The van der Waals surface area contributed by atoms with Gasteiger partial charge >= 0.3 is 0 Å². The maximum absolute atomic E-state index is 12.4. The van der Waals surface area contributed by atoms with Gasteiger partial charge in [-0.2, -0.15) is 0 Å². The molecule has 2 heterocycles. The number of halogens is 1. The highest BCUT2D eigenvalue weighted by Gasteiger charge is 2.24. The Balaban J connectivity index is 0.00000320. The Labute approximate surface area is 196 Å². The molecule has 0 bridgehead atoms. The highest BCUT2D eigenvalue weighted by Crippen LogP contribution is 2.26. The average Bonchev–Trinajstić information content (AvgIpc) is 3.27. The summed E-state index contributed by atoms with van der Waals surface area (Å²) in [5.74, 6) is 1.72. The van der Waals surface area contributed by atoms with Crippen LogP contribution in [0, 0.1) is 0 Å². The number of amides is 1. The number of rotatable bonds is 6. The lowest BCUT2D eigenvalue weighted by atomic mass is 10.2. The van der Waals surface area contributed by atoms with Crippen LogP contribution in [-0.2, 0) is 11.3 Å². The molecule has 3 rings (SSSR count). The number of nitrogens with one attached hydrogen (secondary N) is 1. The maximum atomic E-state index is 12.4. The van der Waals surface area contributed by atoms with Gasteiger partial charge in [0.05, 0.1) is 20.2 Å². The Hall–Kier alpha value is -1.75. The topological polar surface area (TPSA) is 80.6 Å². The number of carbonyl (C=O) groups is 1. The van der Waals surface area contributed by atoms with Gasteiger partial charge in [-0.3, -0.25) is 9.69 Å². The number of ether oxygens (including phenoxy) is 1. The molecule has 2 aliphatic heterocycles. The van der Waals surface area contributed by atoms with Crippen molar-refractivity contribution in [1.29, 1.82) is 0 Å². The summed E-state index contributed by atoms with van der Waals surface area (Å²) in [6.07, 6.45) is 2.27. The first-order valence-electron chi connectivity index (χ1n) is 10.5. The Kier molecular flexibility index (Phi) is 9.96. The van der Waals surface area contributed by atoms with Gasteiger partial charge in [0.25, 0.3) is 0 Å². The third kappa shape index (κ3) is 6.63. The molecule has 0 unspecified atom stereocenters. The van der Waals surface area contributed by atoms with E-state index in [1.54, 1.807) is 12.1 Å². The molecule has 2 saturated heterocycles. The molecule has 0 aromatic heterocycles. The minimum atomic E-state index is 0. The number of phenolic OH excluding ortho intramolecular Hbond substituents is 1. The molecule has 30 heavy (non-hydrogen) atoms. The molecule has 8 nitrogen and oxygen atoms in total. The molecule has 1 aromatic carbocycles. The Morgan fingerprint density at radius 2 is 1.83 bits per heavy atom. The summed E-state index contributed by atoms with van der Waals surface area (Å²) in [6.45, 7) is 9.06. The molecule has 0 spiro atoms. The van der Waals surface area contributed by atoms with E-state index in [-0.39, 0.29) is 35.6 Å². The van der Waals surface area contributed by atoms with Crippen LogP contribution in [0.25, 0.3) is 0 Å². The summed E-state index contributed by atoms with van der Waals surface area (Å²) in [5, 5.41) is 13.3. The molecule has 2 N–H and O–H groups in total. The molecular formula is C21H34IN5O3. The molecule has 1 amide bonds. The van der Waals surface area contributed by atoms with E-state index in [0.717, 1.165) is 70.2 Å². The third-order valence-electron chi connectivity index (χ3n) is 5.48. The molecule has 0 atom stereocenters. The van der Waals surface area contributed by atoms with E-state index in [9.17, 15) is 9.90 Å². The van der Waals surface area contributed by atoms with Gasteiger partial charge in [-0.25, -0.2) is 4.99 Å². The van der Waals surface area contributed by atoms with E-state index in [1.807, 2.05) is 11.0 Å². The Bertz CT molecular complexity index is 717. The third-order valence-corrected chi connectivity index (χ3v) is 5.48. The van der Waals surface area contributed by atoms with Crippen molar-refractivity contribution >= 4 is 35.8 Å². The fourth-order valence-electron chi connectivity index (χ4n) is 3.80. The van der Waals surface area contributed by atoms with Gasteiger partial charge in [0, 0.05) is 45.8 Å². The second kappa shape index (κ2) is 12.2. The van der Waals surface area contributed by atoms with E-state index >= 15 is 0 Å². The van der Waals surface area contributed by atoms with Crippen molar-refractivity contribution in [3.8, 4) is 11.5 Å². The van der Waals surface area contributed by atoms with Crippen molar-refractivity contribution in [2.45, 2.75) is 26.3 Å². The quantitative estimate of drug-likeness (QED) is 0.331. The van der Waals surface area contributed by atoms with Crippen LogP contribution in [0.4, 0.5) is 0 Å². The smallest absolute Gasteiger partial charge is 0.236 e.